The van der Waals surface area contributed by atoms with Crippen LogP contribution in [-0.2, 0) is 11.3 Å². The molecule has 2 aliphatic heterocycles. The molecule has 1 aromatic carbocycles. The van der Waals surface area contributed by atoms with E-state index in [1.807, 2.05) is 48.7 Å². The van der Waals surface area contributed by atoms with Gasteiger partial charge in [-0.2, -0.15) is 0 Å². The maximum Gasteiger partial charge on any atom is 0.325 e. The number of Topliss-reactive ketones (excluding diaryl/α,β-unsaturated/α-hetero) is 1. The van der Waals surface area contributed by atoms with Gasteiger partial charge in [-0.25, -0.2) is 4.79 Å². The highest BCUT2D eigenvalue weighted by Crippen LogP contribution is 2.37. The lowest BCUT2D eigenvalue weighted by molar-refractivity contribution is -0.133. The molecule has 8 heteroatoms. The first-order valence-electron chi connectivity index (χ1n) is 10.6. The van der Waals surface area contributed by atoms with Crippen molar-refractivity contribution in [3.8, 4) is 11.5 Å². The molecule has 1 spiro atoms. The minimum atomic E-state index is -0.775. The number of nitrogens with one attached hydrogen (secondary N) is 1. The molecule has 1 atom stereocenters. The fourth-order valence-corrected chi connectivity index (χ4v) is 4.64. The van der Waals surface area contributed by atoms with Crippen molar-refractivity contribution in [2.24, 2.45) is 0 Å². The standard InChI is InChI=1S/C23H25N3O5/c1-14-10-17(18(27)12-26-21(28)23(8-5-9-23)24-22(26)29)15(2)25(14)11-16-13-30-19-6-3-4-7-20(19)31-16/h3-4,6-7,10,16H,5,8-9,11-13H2,1-2H3,(H,24,29). The minimum Gasteiger partial charge on any atom is -0.486 e. The van der Waals surface area contributed by atoms with Crippen molar-refractivity contribution >= 4 is 17.7 Å². The summed E-state index contributed by atoms with van der Waals surface area (Å²) in [5.41, 5.74) is 1.44. The highest BCUT2D eigenvalue weighted by atomic mass is 16.6. The number of hydrogen-bond acceptors (Lipinski definition) is 5. The number of urea groups is 1. The summed E-state index contributed by atoms with van der Waals surface area (Å²) >= 11 is 0. The fraction of sp³-hybridized carbons (Fsp3) is 0.435. The third-order valence-corrected chi connectivity index (χ3v) is 6.58. The number of imide groups is 1. The number of rotatable bonds is 5. The summed E-state index contributed by atoms with van der Waals surface area (Å²) in [7, 11) is 0. The van der Waals surface area contributed by atoms with E-state index in [-0.39, 0.29) is 24.3 Å². The van der Waals surface area contributed by atoms with Gasteiger partial charge >= 0.3 is 6.03 Å². The van der Waals surface area contributed by atoms with Gasteiger partial charge in [0.2, 0.25) is 0 Å². The highest BCUT2D eigenvalue weighted by molar-refractivity contribution is 6.11. The van der Waals surface area contributed by atoms with Crippen LogP contribution in [0.25, 0.3) is 0 Å². The number of ketones is 1. The van der Waals surface area contributed by atoms with E-state index in [0.29, 0.717) is 37.3 Å². The predicted octanol–water partition coefficient (Wildman–Crippen LogP) is 2.60. The summed E-state index contributed by atoms with van der Waals surface area (Å²) in [5, 5.41) is 2.77. The van der Waals surface area contributed by atoms with Gasteiger partial charge in [-0.3, -0.25) is 14.5 Å². The van der Waals surface area contributed by atoms with Gasteiger partial charge in [0, 0.05) is 17.0 Å². The Bertz CT molecular complexity index is 1080. The number of benzene rings is 1. The number of aryl methyl sites for hydroxylation is 1. The van der Waals surface area contributed by atoms with Crippen LogP contribution in [0.3, 0.4) is 0 Å². The van der Waals surface area contributed by atoms with Crippen molar-refractivity contribution in [1.82, 2.24) is 14.8 Å². The number of aromatic nitrogens is 1. The molecule has 2 fully saturated rings. The molecule has 0 bridgehead atoms. The molecule has 162 valence electrons. The topological polar surface area (TPSA) is 89.9 Å². The van der Waals surface area contributed by atoms with Gasteiger partial charge in [-0.15, -0.1) is 0 Å². The second-order valence-electron chi connectivity index (χ2n) is 8.57. The molecule has 2 aromatic rings. The molecular formula is C23H25N3O5. The largest absolute Gasteiger partial charge is 0.486 e. The first kappa shape index (κ1) is 19.7. The molecule has 3 heterocycles. The molecule has 1 saturated carbocycles. The van der Waals surface area contributed by atoms with E-state index in [1.165, 1.54) is 0 Å². The van der Waals surface area contributed by atoms with Crippen LogP contribution in [0.15, 0.2) is 30.3 Å². The van der Waals surface area contributed by atoms with E-state index in [1.54, 1.807) is 0 Å². The van der Waals surface area contributed by atoms with Gasteiger partial charge in [-0.05, 0) is 51.3 Å². The second-order valence-corrected chi connectivity index (χ2v) is 8.57. The van der Waals surface area contributed by atoms with Gasteiger partial charge in [-0.1, -0.05) is 12.1 Å². The Balaban J connectivity index is 1.30. The van der Waals surface area contributed by atoms with Crippen LogP contribution in [0.2, 0.25) is 0 Å². The Hall–Kier alpha value is -3.29. The molecule has 1 aliphatic carbocycles. The van der Waals surface area contributed by atoms with Crippen molar-refractivity contribution in [3.05, 3.63) is 47.3 Å². The van der Waals surface area contributed by atoms with E-state index < -0.39 is 11.6 Å². The number of fused-ring (bicyclic) bond motifs is 1. The Morgan fingerprint density at radius 3 is 2.61 bits per heavy atom. The first-order valence-corrected chi connectivity index (χ1v) is 10.6. The minimum absolute atomic E-state index is 0.188. The number of hydrogen-bond donors (Lipinski definition) is 1. The molecule has 8 nitrogen and oxygen atoms in total. The fourth-order valence-electron chi connectivity index (χ4n) is 4.64. The lowest BCUT2D eigenvalue weighted by Crippen LogP contribution is -2.52. The second kappa shape index (κ2) is 7.14. The van der Waals surface area contributed by atoms with E-state index in [4.69, 9.17) is 9.47 Å². The Morgan fingerprint density at radius 1 is 1.19 bits per heavy atom. The molecule has 3 amide bonds. The Morgan fingerprint density at radius 2 is 1.94 bits per heavy atom. The number of amides is 3. The zero-order chi connectivity index (χ0) is 21.8. The highest BCUT2D eigenvalue weighted by Gasteiger charge is 2.55. The van der Waals surface area contributed by atoms with Gasteiger partial charge in [0.15, 0.2) is 23.4 Å². The number of para-hydroxylation sites is 2. The monoisotopic (exact) mass is 423 g/mol. The van der Waals surface area contributed by atoms with Gasteiger partial charge < -0.3 is 19.4 Å². The van der Waals surface area contributed by atoms with Gasteiger partial charge in [0.05, 0.1) is 13.1 Å². The molecule has 0 radical (unpaired) electrons. The summed E-state index contributed by atoms with van der Waals surface area (Å²) < 4.78 is 13.9. The summed E-state index contributed by atoms with van der Waals surface area (Å²) in [5.74, 6) is 0.914. The smallest absolute Gasteiger partial charge is 0.325 e. The molecule has 1 unspecified atom stereocenters. The van der Waals surface area contributed by atoms with E-state index in [0.717, 1.165) is 28.5 Å². The van der Waals surface area contributed by atoms with Crippen molar-refractivity contribution in [2.75, 3.05) is 13.2 Å². The molecule has 1 N–H and O–H groups in total. The number of nitrogens with zero attached hydrogens (tertiary/aromatic N) is 2. The average molecular weight is 423 g/mol. The molecule has 5 rings (SSSR count). The number of carbonyl (C=O) groups excluding carboxylic acids is 3. The normalized spacial score (nSPS) is 21.2. The van der Waals surface area contributed by atoms with Crippen molar-refractivity contribution in [2.45, 2.75) is 51.3 Å². The third-order valence-electron chi connectivity index (χ3n) is 6.58. The molecule has 1 saturated heterocycles. The van der Waals surface area contributed by atoms with Crippen LogP contribution in [0.1, 0.15) is 41.0 Å². The van der Waals surface area contributed by atoms with Crippen molar-refractivity contribution < 1.29 is 23.9 Å². The molecular weight excluding hydrogens is 398 g/mol. The number of carbonyl (C=O) groups is 3. The maximum absolute atomic E-state index is 13.0. The summed E-state index contributed by atoms with van der Waals surface area (Å²) in [6.45, 7) is 4.51. The third kappa shape index (κ3) is 3.17. The predicted molar refractivity (Wildman–Crippen MR) is 111 cm³/mol. The summed E-state index contributed by atoms with van der Waals surface area (Å²) in [4.78, 5) is 39.0. The quantitative estimate of drug-likeness (QED) is 0.590. The van der Waals surface area contributed by atoms with E-state index >= 15 is 0 Å². The molecule has 31 heavy (non-hydrogen) atoms. The molecule has 3 aliphatic rings. The molecule has 1 aromatic heterocycles. The van der Waals surface area contributed by atoms with E-state index in [2.05, 4.69) is 5.32 Å². The van der Waals surface area contributed by atoms with Crippen LogP contribution < -0.4 is 14.8 Å². The SMILES string of the molecule is Cc1cc(C(=O)CN2C(=O)NC3(CCC3)C2=O)c(C)n1CC1COc2ccccc2O1. The lowest BCUT2D eigenvalue weighted by atomic mass is 9.77. The Kier molecular flexibility index (Phi) is 4.53. The van der Waals surface area contributed by atoms with Crippen LogP contribution in [-0.4, -0.2) is 52.0 Å². The maximum atomic E-state index is 13.0. The van der Waals surface area contributed by atoms with Crippen molar-refractivity contribution in [3.63, 3.8) is 0 Å². The van der Waals surface area contributed by atoms with Crippen LogP contribution >= 0.6 is 0 Å². The van der Waals surface area contributed by atoms with Gasteiger partial charge in [0.1, 0.15) is 12.1 Å². The lowest BCUT2D eigenvalue weighted by Gasteiger charge is -2.34. The first-order chi connectivity index (χ1) is 14.9. The van der Waals surface area contributed by atoms with Crippen molar-refractivity contribution in [1.29, 1.82) is 0 Å². The summed E-state index contributed by atoms with van der Waals surface area (Å²) in [6.07, 6.45) is 2.01. The zero-order valence-corrected chi connectivity index (χ0v) is 17.6. The van der Waals surface area contributed by atoms with Crippen LogP contribution in [0.5, 0.6) is 11.5 Å². The Labute approximate surface area is 180 Å². The van der Waals surface area contributed by atoms with Crippen LogP contribution in [0, 0.1) is 13.8 Å². The number of ether oxygens (including phenoxy) is 2. The van der Waals surface area contributed by atoms with E-state index in [9.17, 15) is 14.4 Å². The summed E-state index contributed by atoms with van der Waals surface area (Å²) in [6, 6.07) is 8.89. The average Bonchev–Trinajstić information content (AvgIpc) is 3.16. The zero-order valence-electron chi connectivity index (χ0n) is 17.6. The van der Waals surface area contributed by atoms with Gasteiger partial charge in [0.25, 0.3) is 5.91 Å². The van der Waals surface area contributed by atoms with Crippen LogP contribution in [0.4, 0.5) is 4.79 Å².